The van der Waals surface area contributed by atoms with Crippen molar-refractivity contribution in [2.75, 3.05) is 0 Å². The zero-order chi connectivity index (χ0) is 9.42. The van der Waals surface area contributed by atoms with Crippen LogP contribution in [0.5, 0.6) is 0 Å². The number of hydrogen-bond acceptors (Lipinski definition) is 2. The minimum Gasteiger partial charge on any atom is -0.440 e. The standard InChI is InChI=1S/C10H11NO/c1-7(2)10-11-8-5-3-4-6-9(8)12-10/h3-7H,1-2H3/i3T. The highest BCUT2D eigenvalue weighted by Gasteiger charge is 2.07. The number of oxazole rings is 1. The zero-order valence-corrected chi connectivity index (χ0v) is 7.16. The average molecular weight is 163 g/mol. The maximum atomic E-state index is 7.41. The fourth-order valence-electron chi connectivity index (χ4n) is 1.08. The molecule has 0 amide bonds. The van der Waals surface area contributed by atoms with Crippen LogP contribution in [0.25, 0.3) is 11.1 Å². The Morgan fingerprint density at radius 2 is 2.33 bits per heavy atom. The number of aromatic nitrogens is 1. The number of para-hydroxylation sites is 2. The second-order valence-electron chi connectivity index (χ2n) is 3.10. The van der Waals surface area contributed by atoms with Gasteiger partial charge in [-0.25, -0.2) is 4.98 Å². The maximum absolute atomic E-state index is 7.41. The van der Waals surface area contributed by atoms with E-state index in [1.807, 2.05) is 13.8 Å². The molecule has 0 N–H and O–H groups in total. The highest BCUT2D eigenvalue weighted by molar-refractivity contribution is 5.72. The Labute approximate surface area is 72.6 Å². The first-order chi connectivity index (χ1) is 6.16. The first-order valence-corrected chi connectivity index (χ1v) is 4.04. The van der Waals surface area contributed by atoms with Crippen LogP contribution in [0.1, 0.15) is 27.0 Å². The Bertz CT molecular complexity index is 433. The molecule has 1 heterocycles. The van der Waals surface area contributed by atoms with Gasteiger partial charge in [-0.15, -0.1) is 0 Å². The van der Waals surface area contributed by atoms with Crippen molar-refractivity contribution in [2.24, 2.45) is 0 Å². The van der Waals surface area contributed by atoms with Crippen LogP contribution in [0.2, 0.25) is 0 Å². The third-order valence-electron chi connectivity index (χ3n) is 1.74. The van der Waals surface area contributed by atoms with E-state index in [1.54, 1.807) is 18.2 Å². The molecule has 2 aromatic rings. The van der Waals surface area contributed by atoms with Crippen molar-refractivity contribution in [1.82, 2.24) is 4.98 Å². The predicted molar refractivity (Wildman–Crippen MR) is 48.1 cm³/mol. The lowest BCUT2D eigenvalue weighted by atomic mass is 10.2. The molecule has 0 saturated carbocycles. The summed E-state index contributed by atoms with van der Waals surface area (Å²) in [6, 6.07) is 5.68. The summed E-state index contributed by atoms with van der Waals surface area (Å²) in [6.07, 6.45) is 0. The van der Waals surface area contributed by atoms with Crippen molar-refractivity contribution < 1.29 is 5.79 Å². The van der Waals surface area contributed by atoms with Gasteiger partial charge in [0.1, 0.15) is 5.52 Å². The van der Waals surface area contributed by atoms with E-state index in [0.717, 1.165) is 17.0 Å². The molecule has 0 aliphatic heterocycles. The molecule has 0 radical (unpaired) electrons. The van der Waals surface area contributed by atoms with E-state index in [2.05, 4.69) is 4.98 Å². The van der Waals surface area contributed by atoms with Crippen LogP contribution in [0.15, 0.2) is 28.7 Å². The van der Waals surface area contributed by atoms with Gasteiger partial charge in [0, 0.05) is 5.92 Å². The van der Waals surface area contributed by atoms with Crippen LogP contribution in [0.3, 0.4) is 0 Å². The molecule has 2 nitrogen and oxygen atoms in total. The maximum Gasteiger partial charge on any atom is 0.198 e. The molecule has 2 heteroatoms. The smallest absolute Gasteiger partial charge is 0.198 e. The van der Waals surface area contributed by atoms with Crippen LogP contribution in [0.4, 0.5) is 0 Å². The van der Waals surface area contributed by atoms with Crippen molar-refractivity contribution in [3.05, 3.63) is 30.1 Å². The van der Waals surface area contributed by atoms with E-state index in [1.165, 1.54) is 0 Å². The van der Waals surface area contributed by atoms with E-state index in [0.29, 0.717) is 12.0 Å². The molecule has 0 aliphatic carbocycles. The third kappa shape index (κ3) is 1.09. The fourth-order valence-corrected chi connectivity index (χ4v) is 1.08. The molecule has 0 spiro atoms. The normalized spacial score (nSPS) is 12.4. The lowest BCUT2D eigenvalue weighted by Gasteiger charge is -1.93. The first-order valence-electron chi connectivity index (χ1n) is 4.54. The Kier molecular flexibility index (Phi) is 1.36. The van der Waals surface area contributed by atoms with Crippen molar-refractivity contribution in [1.29, 1.82) is 0 Å². The molecule has 62 valence electrons. The number of nitrogens with zero attached hydrogens (tertiary/aromatic N) is 1. The van der Waals surface area contributed by atoms with Crippen molar-refractivity contribution >= 4 is 11.1 Å². The number of fused-ring (bicyclic) bond motifs is 1. The summed E-state index contributed by atoms with van der Waals surface area (Å²) in [7, 11) is 0. The van der Waals surface area contributed by atoms with Gasteiger partial charge in [-0.05, 0) is 12.1 Å². The van der Waals surface area contributed by atoms with E-state index in [-0.39, 0.29) is 0 Å². The van der Waals surface area contributed by atoms with Crippen molar-refractivity contribution in [3.63, 3.8) is 0 Å². The van der Waals surface area contributed by atoms with Gasteiger partial charge in [0.05, 0.1) is 1.37 Å². The second kappa shape index (κ2) is 2.63. The van der Waals surface area contributed by atoms with Crippen LogP contribution in [0, 0.1) is 0 Å². The molecule has 0 bridgehead atoms. The van der Waals surface area contributed by atoms with E-state index in [4.69, 9.17) is 5.79 Å². The highest BCUT2D eigenvalue weighted by Crippen LogP contribution is 2.19. The Morgan fingerprint density at radius 3 is 3.08 bits per heavy atom. The van der Waals surface area contributed by atoms with Gasteiger partial charge in [-0.2, -0.15) is 0 Å². The zero-order valence-electron chi connectivity index (χ0n) is 8.16. The summed E-state index contributed by atoms with van der Waals surface area (Å²) in [5.74, 6) is 1.03. The Morgan fingerprint density at radius 1 is 1.50 bits per heavy atom. The number of benzene rings is 1. The molecule has 0 aliphatic rings. The quantitative estimate of drug-likeness (QED) is 0.646. The van der Waals surface area contributed by atoms with Crippen LogP contribution in [-0.2, 0) is 0 Å². The third-order valence-corrected chi connectivity index (χ3v) is 1.74. The Hall–Kier alpha value is -1.31. The largest absolute Gasteiger partial charge is 0.440 e. The van der Waals surface area contributed by atoms with E-state index in [9.17, 15) is 0 Å². The van der Waals surface area contributed by atoms with E-state index >= 15 is 0 Å². The molecule has 12 heavy (non-hydrogen) atoms. The summed E-state index contributed by atoms with van der Waals surface area (Å²) < 4.78 is 12.9. The van der Waals surface area contributed by atoms with Crippen LogP contribution >= 0.6 is 0 Å². The molecular weight excluding hydrogens is 150 g/mol. The molecule has 1 aromatic heterocycles. The van der Waals surface area contributed by atoms with Gasteiger partial charge >= 0.3 is 0 Å². The molecule has 1 aromatic carbocycles. The lowest BCUT2D eigenvalue weighted by molar-refractivity contribution is 0.501. The van der Waals surface area contributed by atoms with Gasteiger partial charge in [-0.3, -0.25) is 0 Å². The minimum atomic E-state index is 0.293. The monoisotopic (exact) mass is 163 g/mol. The second-order valence-corrected chi connectivity index (χ2v) is 3.10. The van der Waals surface area contributed by atoms with Gasteiger partial charge in [-0.1, -0.05) is 26.0 Å². The molecule has 0 fully saturated rings. The van der Waals surface area contributed by atoms with Crippen molar-refractivity contribution in [3.8, 4) is 0 Å². The SMILES string of the molecule is [3H]c1ccc2oc(C(C)C)nc2c1. The topological polar surface area (TPSA) is 26.0 Å². The summed E-state index contributed by atoms with van der Waals surface area (Å²) >= 11 is 0. The number of rotatable bonds is 1. The number of hydrogen-bond donors (Lipinski definition) is 0. The Balaban J connectivity index is 2.62. The summed E-state index contributed by atoms with van der Waals surface area (Å²) in [5, 5.41) is 0. The molecule has 2 rings (SSSR count). The summed E-state index contributed by atoms with van der Waals surface area (Å²) in [4.78, 5) is 4.29. The molecule has 0 atom stereocenters. The average Bonchev–Trinajstić information content (AvgIpc) is 2.46. The van der Waals surface area contributed by atoms with Gasteiger partial charge < -0.3 is 4.42 Å². The predicted octanol–water partition coefficient (Wildman–Crippen LogP) is 2.95. The van der Waals surface area contributed by atoms with Gasteiger partial charge in [0.25, 0.3) is 0 Å². The van der Waals surface area contributed by atoms with Gasteiger partial charge in [0.15, 0.2) is 11.5 Å². The molecular formula is C10H11NO. The van der Waals surface area contributed by atoms with Crippen molar-refractivity contribution in [2.45, 2.75) is 19.8 Å². The van der Waals surface area contributed by atoms with Gasteiger partial charge in [0.2, 0.25) is 0 Å². The van der Waals surface area contributed by atoms with E-state index < -0.39 is 0 Å². The van der Waals surface area contributed by atoms with Crippen LogP contribution < -0.4 is 0 Å². The molecule has 0 saturated heterocycles. The summed E-state index contributed by atoms with van der Waals surface area (Å²) in [6.45, 7) is 4.07. The minimum absolute atomic E-state index is 0.293. The lowest BCUT2D eigenvalue weighted by Crippen LogP contribution is -1.84. The highest BCUT2D eigenvalue weighted by atomic mass is 16.3. The van der Waals surface area contributed by atoms with Crippen LogP contribution in [-0.4, -0.2) is 4.98 Å². The first kappa shape index (κ1) is 6.23. The fraction of sp³-hybridized carbons (Fsp3) is 0.300. The summed E-state index contributed by atoms with van der Waals surface area (Å²) in [5.41, 5.74) is 1.54. The molecule has 0 unspecified atom stereocenters.